The average molecular weight is 188 g/mol. The molecule has 0 unspecified atom stereocenters. The summed E-state index contributed by atoms with van der Waals surface area (Å²) in [5.74, 6) is 0. The van der Waals surface area contributed by atoms with Gasteiger partial charge in [0.05, 0.1) is 6.54 Å². The van der Waals surface area contributed by atoms with Crippen molar-refractivity contribution in [3.8, 4) is 0 Å². The van der Waals surface area contributed by atoms with Gasteiger partial charge in [-0.1, -0.05) is 18.2 Å². The number of tetrazole rings is 1. The molecule has 1 aromatic carbocycles. The first-order chi connectivity index (χ1) is 6.88. The van der Waals surface area contributed by atoms with Gasteiger partial charge in [0.25, 0.3) is 0 Å². The van der Waals surface area contributed by atoms with Crippen LogP contribution in [0.3, 0.4) is 0 Å². The quantitative estimate of drug-likeness (QED) is 0.659. The van der Waals surface area contributed by atoms with Crippen LogP contribution >= 0.6 is 0 Å². The third-order valence-corrected chi connectivity index (χ3v) is 1.82. The third-order valence-electron chi connectivity index (χ3n) is 1.82. The van der Waals surface area contributed by atoms with Crippen molar-refractivity contribution in [2.75, 3.05) is 0 Å². The van der Waals surface area contributed by atoms with E-state index in [1.54, 1.807) is 10.7 Å². The topological polar surface area (TPSA) is 60.7 Å². The van der Waals surface area contributed by atoms with Gasteiger partial charge in [-0.25, -0.2) is 4.68 Å². The second-order valence-electron chi connectivity index (χ2n) is 2.87. The summed E-state index contributed by atoms with van der Waals surface area (Å²) in [7, 11) is 0. The standard InChI is InChI=1S/C9H8N4O/c14-6-9-3-1-2-8(4-9)5-13-7-10-11-12-13/h1-4,6-7H,5H2. The molecule has 0 saturated carbocycles. The Labute approximate surface area is 80.4 Å². The molecule has 0 bridgehead atoms. The Morgan fingerprint density at radius 2 is 2.36 bits per heavy atom. The van der Waals surface area contributed by atoms with E-state index in [0.29, 0.717) is 12.1 Å². The van der Waals surface area contributed by atoms with Crippen molar-refractivity contribution in [2.45, 2.75) is 6.54 Å². The highest BCUT2D eigenvalue weighted by Gasteiger charge is 1.97. The summed E-state index contributed by atoms with van der Waals surface area (Å²) in [5, 5.41) is 10.8. The highest BCUT2D eigenvalue weighted by Crippen LogP contribution is 2.04. The summed E-state index contributed by atoms with van der Waals surface area (Å²) in [6.07, 6.45) is 2.36. The Hall–Kier alpha value is -2.04. The van der Waals surface area contributed by atoms with Crippen LogP contribution in [0.1, 0.15) is 15.9 Å². The van der Waals surface area contributed by atoms with E-state index in [1.807, 2.05) is 18.2 Å². The number of aromatic nitrogens is 4. The summed E-state index contributed by atoms with van der Waals surface area (Å²) >= 11 is 0. The molecule has 0 amide bonds. The first kappa shape index (κ1) is 8.55. The third kappa shape index (κ3) is 1.82. The van der Waals surface area contributed by atoms with Gasteiger partial charge in [-0.2, -0.15) is 0 Å². The fourth-order valence-corrected chi connectivity index (χ4v) is 1.20. The van der Waals surface area contributed by atoms with E-state index < -0.39 is 0 Å². The molecule has 2 aromatic rings. The number of aldehydes is 1. The predicted molar refractivity (Wildman–Crippen MR) is 48.7 cm³/mol. The zero-order chi connectivity index (χ0) is 9.80. The van der Waals surface area contributed by atoms with Gasteiger partial charge in [0, 0.05) is 5.56 Å². The maximum absolute atomic E-state index is 10.5. The van der Waals surface area contributed by atoms with Gasteiger partial charge in [-0.15, -0.1) is 5.10 Å². The molecular weight excluding hydrogens is 180 g/mol. The van der Waals surface area contributed by atoms with Crippen LogP contribution in [0, 0.1) is 0 Å². The van der Waals surface area contributed by atoms with Crippen LogP contribution in [0.5, 0.6) is 0 Å². The lowest BCUT2D eigenvalue weighted by atomic mass is 10.1. The minimum atomic E-state index is 0.578. The number of hydrogen-bond acceptors (Lipinski definition) is 4. The Bertz CT molecular complexity index is 424. The van der Waals surface area contributed by atoms with Crippen LogP contribution in [-0.4, -0.2) is 26.5 Å². The van der Waals surface area contributed by atoms with Crippen LogP contribution in [0.2, 0.25) is 0 Å². The fraction of sp³-hybridized carbons (Fsp3) is 0.111. The molecule has 70 valence electrons. The van der Waals surface area contributed by atoms with Gasteiger partial charge >= 0.3 is 0 Å². The van der Waals surface area contributed by atoms with Crippen LogP contribution in [0.25, 0.3) is 0 Å². The zero-order valence-electron chi connectivity index (χ0n) is 7.37. The maximum atomic E-state index is 10.5. The Morgan fingerprint density at radius 3 is 3.07 bits per heavy atom. The SMILES string of the molecule is O=Cc1cccc(Cn2cnnn2)c1. The van der Waals surface area contributed by atoms with Crippen LogP contribution < -0.4 is 0 Å². The predicted octanol–water partition coefficient (Wildman–Crippen LogP) is 0.534. The molecule has 0 aliphatic heterocycles. The lowest BCUT2D eigenvalue weighted by Gasteiger charge is -2.00. The minimum Gasteiger partial charge on any atom is -0.298 e. The van der Waals surface area contributed by atoms with Crippen molar-refractivity contribution in [3.63, 3.8) is 0 Å². The van der Waals surface area contributed by atoms with Crippen molar-refractivity contribution in [2.24, 2.45) is 0 Å². The van der Waals surface area contributed by atoms with E-state index in [9.17, 15) is 4.79 Å². The van der Waals surface area contributed by atoms with Crippen molar-refractivity contribution in [1.82, 2.24) is 20.2 Å². The molecular formula is C9H8N4O. The molecule has 1 heterocycles. The van der Waals surface area contributed by atoms with E-state index >= 15 is 0 Å². The fourth-order valence-electron chi connectivity index (χ4n) is 1.20. The lowest BCUT2D eigenvalue weighted by Crippen LogP contribution is -2.00. The molecule has 0 fully saturated rings. The number of benzene rings is 1. The monoisotopic (exact) mass is 188 g/mol. The summed E-state index contributed by atoms with van der Waals surface area (Å²) in [6.45, 7) is 0.578. The Morgan fingerprint density at radius 1 is 1.43 bits per heavy atom. The first-order valence-electron chi connectivity index (χ1n) is 4.13. The molecule has 2 rings (SSSR count). The second kappa shape index (κ2) is 3.78. The minimum absolute atomic E-state index is 0.578. The van der Waals surface area contributed by atoms with Gasteiger partial charge in [0.1, 0.15) is 12.6 Å². The molecule has 0 N–H and O–H groups in total. The van der Waals surface area contributed by atoms with Crippen molar-refractivity contribution >= 4 is 6.29 Å². The molecule has 0 radical (unpaired) electrons. The Balaban J connectivity index is 2.21. The molecule has 0 aliphatic rings. The molecule has 5 heteroatoms. The number of nitrogens with zero attached hydrogens (tertiary/aromatic N) is 4. The number of rotatable bonds is 3. The second-order valence-corrected chi connectivity index (χ2v) is 2.87. The summed E-state index contributed by atoms with van der Waals surface area (Å²) in [4.78, 5) is 10.5. The molecule has 0 spiro atoms. The summed E-state index contributed by atoms with van der Waals surface area (Å²) in [6, 6.07) is 7.34. The highest BCUT2D eigenvalue weighted by molar-refractivity contribution is 5.74. The van der Waals surface area contributed by atoms with Crippen LogP contribution in [0.4, 0.5) is 0 Å². The van der Waals surface area contributed by atoms with Crippen LogP contribution in [0.15, 0.2) is 30.6 Å². The molecule has 1 aromatic heterocycles. The van der Waals surface area contributed by atoms with Gasteiger partial charge in [-0.3, -0.25) is 4.79 Å². The number of carbonyl (C=O) groups is 1. The zero-order valence-corrected chi connectivity index (χ0v) is 7.37. The number of hydrogen-bond donors (Lipinski definition) is 0. The molecule has 0 saturated heterocycles. The molecule has 0 aliphatic carbocycles. The van der Waals surface area contributed by atoms with E-state index in [4.69, 9.17) is 0 Å². The smallest absolute Gasteiger partial charge is 0.150 e. The highest BCUT2D eigenvalue weighted by atomic mass is 16.1. The van der Waals surface area contributed by atoms with E-state index in [1.165, 1.54) is 6.33 Å². The number of carbonyl (C=O) groups excluding carboxylic acids is 1. The normalized spacial score (nSPS) is 10.0. The maximum Gasteiger partial charge on any atom is 0.150 e. The lowest BCUT2D eigenvalue weighted by molar-refractivity contribution is 0.112. The van der Waals surface area contributed by atoms with Crippen LogP contribution in [-0.2, 0) is 6.54 Å². The van der Waals surface area contributed by atoms with E-state index in [-0.39, 0.29) is 0 Å². The van der Waals surface area contributed by atoms with Gasteiger partial charge < -0.3 is 0 Å². The molecule has 14 heavy (non-hydrogen) atoms. The molecule has 0 atom stereocenters. The van der Waals surface area contributed by atoms with Crippen molar-refractivity contribution < 1.29 is 4.79 Å². The molecule has 5 nitrogen and oxygen atoms in total. The van der Waals surface area contributed by atoms with Gasteiger partial charge in [0.2, 0.25) is 0 Å². The van der Waals surface area contributed by atoms with Crippen molar-refractivity contribution in [3.05, 3.63) is 41.7 Å². The Kier molecular flexibility index (Phi) is 2.31. The summed E-state index contributed by atoms with van der Waals surface area (Å²) < 4.78 is 1.60. The summed E-state index contributed by atoms with van der Waals surface area (Å²) in [5.41, 5.74) is 1.66. The van der Waals surface area contributed by atoms with Gasteiger partial charge in [-0.05, 0) is 22.1 Å². The van der Waals surface area contributed by atoms with Crippen molar-refractivity contribution in [1.29, 1.82) is 0 Å². The average Bonchev–Trinajstić information content (AvgIpc) is 2.71. The first-order valence-corrected chi connectivity index (χ1v) is 4.13. The largest absolute Gasteiger partial charge is 0.298 e. The van der Waals surface area contributed by atoms with Gasteiger partial charge in [0.15, 0.2) is 0 Å². The van der Waals surface area contributed by atoms with E-state index in [2.05, 4.69) is 15.5 Å². The van der Waals surface area contributed by atoms with E-state index in [0.717, 1.165) is 11.8 Å².